The van der Waals surface area contributed by atoms with E-state index in [2.05, 4.69) is 31.8 Å². The number of hydrogen-bond acceptors (Lipinski definition) is 3. The number of pyridine rings is 1. The summed E-state index contributed by atoms with van der Waals surface area (Å²) in [6, 6.07) is 12.4. The highest BCUT2D eigenvalue weighted by molar-refractivity contribution is 9.10. The number of nitrogens with one attached hydrogen (secondary N) is 2. The molecule has 0 aliphatic carbocycles. The van der Waals surface area contributed by atoms with Crippen LogP contribution >= 0.6 is 15.9 Å². The Bertz CT molecular complexity index is 991. The first-order valence-corrected chi connectivity index (χ1v) is 8.17. The van der Waals surface area contributed by atoms with Gasteiger partial charge in [-0.15, -0.1) is 0 Å². The molecule has 2 aromatic carbocycles. The van der Waals surface area contributed by atoms with E-state index >= 15 is 0 Å². The average molecular weight is 402 g/mol. The number of carbonyl (C=O) groups is 2. The first kappa shape index (κ1) is 17.0. The zero-order chi connectivity index (χ0) is 18.0. The van der Waals surface area contributed by atoms with Crippen molar-refractivity contribution in [2.24, 2.45) is 0 Å². The Balaban J connectivity index is 1.84. The van der Waals surface area contributed by atoms with Gasteiger partial charge in [0.15, 0.2) is 0 Å². The Morgan fingerprint density at radius 2 is 1.68 bits per heavy atom. The normalized spacial score (nSPS) is 10.5. The SMILES string of the molecule is Cc1cc(C(=O)NNC(=O)c2ccccc2Br)c2cc(F)ccc2n1. The number of hydrogen-bond donors (Lipinski definition) is 2. The minimum Gasteiger partial charge on any atom is -0.267 e. The average Bonchev–Trinajstić information content (AvgIpc) is 2.59. The van der Waals surface area contributed by atoms with Crippen LogP contribution in [-0.2, 0) is 0 Å². The van der Waals surface area contributed by atoms with Gasteiger partial charge in [-0.3, -0.25) is 25.4 Å². The predicted octanol–water partition coefficient (Wildman–Crippen LogP) is 3.52. The third kappa shape index (κ3) is 3.66. The highest BCUT2D eigenvalue weighted by atomic mass is 79.9. The number of hydrazine groups is 1. The molecule has 3 aromatic rings. The van der Waals surface area contributed by atoms with Crippen molar-refractivity contribution in [3.63, 3.8) is 0 Å². The molecule has 0 bridgehead atoms. The quantitative estimate of drug-likeness (QED) is 0.645. The maximum Gasteiger partial charge on any atom is 0.270 e. The third-order valence-corrected chi connectivity index (χ3v) is 4.24. The van der Waals surface area contributed by atoms with Crippen molar-refractivity contribution in [2.45, 2.75) is 6.92 Å². The van der Waals surface area contributed by atoms with Crippen molar-refractivity contribution < 1.29 is 14.0 Å². The first-order valence-electron chi connectivity index (χ1n) is 7.38. The molecule has 1 aromatic heterocycles. The Labute approximate surface area is 151 Å². The standard InChI is InChI=1S/C18H13BrFN3O2/c1-10-8-14(13-9-11(20)6-7-16(13)21-10)18(25)23-22-17(24)12-4-2-3-5-15(12)19/h2-9H,1H3,(H,22,24)(H,23,25). The Hall–Kier alpha value is -2.80. The van der Waals surface area contributed by atoms with Crippen LogP contribution < -0.4 is 10.9 Å². The van der Waals surface area contributed by atoms with Gasteiger partial charge in [-0.2, -0.15) is 0 Å². The fourth-order valence-corrected chi connectivity index (χ4v) is 2.88. The zero-order valence-electron chi connectivity index (χ0n) is 13.1. The Morgan fingerprint density at radius 1 is 1.00 bits per heavy atom. The summed E-state index contributed by atoms with van der Waals surface area (Å²) in [5, 5.41) is 0.373. The minimum atomic E-state index is -0.554. The maximum atomic E-state index is 13.5. The van der Waals surface area contributed by atoms with Crippen molar-refractivity contribution in [3.05, 3.63) is 75.6 Å². The largest absolute Gasteiger partial charge is 0.270 e. The van der Waals surface area contributed by atoms with E-state index in [-0.39, 0.29) is 5.56 Å². The van der Waals surface area contributed by atoms with Crippen molar-refractivity contribution in [2.75, 3.05) is 0 Å². The van der Waals surface area contributed by atoms with Gasteiger partial charge in [0.25, 0.3) is 11.8 Å². The van der Waals surface area contributed by atoms with E-state index in [9.17, 15) is 14.0 Å². The third-order valence-electron chi connectivity index (χ3n) is 3.55. The van der Waals surface area contributed by atoms with Crippen LogP contribution in [0.15, 0.2) is 53.0 Å². The van der Waals surface area contributed by atoms with E-state index in [1.807, 2.05) is 0 Å². The van der Waals surface area contributed by atoms with Crippen LogP contribution in [0.1, 0.15) is 26.4 Å². The number of nitrogens with zero attached hydrogens (tertiary/aromatic N) is 1. The molecular weight excluding hydrogens is 389 g/mol. The van der Waals surface area contributed by atoms with Gasteiger partial charge in [0, 0.05) is 15.6 Å². The molecule has 1 heterocycles. The zero-order valence-corrected chi connectivity index (χ0v) is 14.7. The fraction of sp³-hybridized carbons (Fsp3) is 0.0556. The Morgan fingerprint density at radius 3 is 2.40 bits per heavy atom. The van der Waals surface area contributed by atoms with Gasteiger partial charge in [0.1, 0.15) is 5.82 Å². The van der Waals surface area contributed by atoms with Gasteiger partial charge in [-0.25, -0.2) is 4.39 Å². The second kappa shape index (κ2) is 6.98. The summed E-state index contributed by atoms with van der Waals surface area (Å²) >= 11 is 3.28. The lowest BCUT2D eigenvalue weighted by Gasteiger charge is -2.11. The van der Waals surface area contributed by atoms with Gasteiger partial charge < -0.3 is 0 Å². The molecule has 0 radical (unpaired) electrons. The smallest absolute Gasteiger partial charge is 0.267 e. The van der Waals surface area contributed by atoms with Crippen LogP contribution in [-0.4, -0.2) is 16.8 Å². The molecule has 126 valence electrons. The molecule has 2 amide bonds. The maximum absolute atomic E-state index is 13.5. The lowest BCUT2D eigenvalue weighted by atomic mass is 10.1. The second-order valence-corrected chi connectivity index (χ2v) is 6.22. The number of carbonyl (C=O) groups excluding carboxylic acids is 2. The lowest BCUT2D eigenvalue weighted by Crippen LogP contribution is -2.41. The van der Waals surface area contributed by atoms with E-state index in [4.69, 9.17) is 0 Å². The van der Waals surface area contributed by atoms with Crippen molar-refractivity contribution >= 4 is 38.6 Å². The molecule has 0 aliphatic heterocycles. The summed E-state index contributed by atoms with van der Waals surface area (Å²) in [5.74, 6) is -1.49. The molecule has 25 heavy (non-hydrogen) atoms. The van der Waals surface area contributed by atoms with Crippen LogP contribution in [0.3, 0.4) is 0 Å². The molecule has 5 nitrogen and oxygen atoms in total. The molecule has 0 fully saturated rings. The van der Waals surface area contributed by atoms with E-state index in [1.165, 1.54) is 18.2 Å². The molecule has 0 atom stereocenters. The molecule has 3 rings (SSSR count). The van der Waals surface area contributed by atoms with Gasteiger partial charge >= 0.3 is 0 Å². The Kier molecular flexibility index (Phi) is 4.76. The lowest BCUT2D eigenvalue weighted by molar-refractivity contribution is 0.0847. The molecule has 7 heteroatoms. The summed E-state index contributed by atoms with van der Waals surface area (Å²) < 4.78 is 14.1. The van der Waals surface area contributed by atoms with Crippen LogP contribution in [0.4, 0.5) is 4.39 Å². The van der Waals surface area contributed by atoms with E-state index in [0.29, 0.717) is 26.6 Å². The number of aryl methyl sites for hydroxylation is 1. The van der Waals surface area contributed by atoms with Crippen LogP contribution in [0.5, 0.6) is 0 Å². The first-order chi connectivity index (χ1) is 12.0. The second-order valence-electron chi connectivity index (χ2n) is 5.36. The molecule has 0 aliphatic rings. The summed E-state index contributed by atoms with van der Waals surface area (Å²) in [6.45, 7) is 1.74. The summed E-state index contributed by atoms with van der Waals surface area (Å²) in [6.07, 6.45) is 0. The predicted molar refractivity (Wildman–Crippen MR) is 95.5 cm³/mol. The van der Waals surface area contributed by atoms with Gasteiger partial charge in [0.05, 0.1) is 16.6 Å². The van der Waals surface area contributed by atoms with E-state index < -0.39 is 17.6 Å². The highest BCUT2D eigenvalue weighted by Gasteiger charge is 2.15. The number of aromatic nitrogens is 1. The fourth-order valence-electron chi connectivity index (χ4n) is 2.41. The summed E-state index contributed by atoms with van der Waals surface area (Å²) in [7, 11) is 0. The monoisotopic (exact) mass is 401 g/mol. The van der Waals surface area contributed by atoms with Gasteiger partial charge in [-0.05, 0) is 59.3 Å². The van der Waals surface area contributed by atoms with Gasteiger partial charge in [-0.1, -0.05) is 12.1 Å². The molecule has 2 N–H and O–H groups in total. The number of amides is 2. The summed E-state index contributed by atoms with van der Waals surface area (Å²) in [4.78, 5) is 28.9. The number of fused-ring (bicyclic) bond motifs is 1. The topological polar surface area (TPSA) is 71.1 Å². The minimum absolute atomic E-state index is 0.231. The number of rotatable bonds is 2. The van der Waals surface area contributed by atoms with Crippen molar-refractivity contribution in [1.29, 1.82) is 0 Å². The van der Waals surface area contributed by atoms with E-state index in [0.717, 1.165) is 0 Å². The van der Waals surface area contributed by atoms with Gasteiger partial charge in [0.2, 0.25) is 0 Å². The van der Waals surface area contributed by atoms with Crippen LogP contribution in [0.2, 0.25) is 0 Å². The van der Waals surface area contributed by atoms with Crippen molar-refractivity contribution in [3.8, 4) is 0 Å². The number of halogens is 2. The van der Waals surface area contributed by atoms with E-state index in [1.54, 1.807) is 37.3 Å². The molecule has 0 spiro atoms. The van der Waals surface area contributed by atoms with Crippen LogP contribution in [0, 0.1) is 12.7 Å². The molecule has 0 saturated carbocycles. The summed E-state index contributed by atoms with van der Waals surface area (Å²) in [5.41, 5.74) is 6.43. The molecule has 0 unspecified atom stereocenters. The van der Waals surface area contributed by atoms with Crippen molar-refractivity contribution in [1.82, 2.24) is 15.8 Å². The highest BCUT2D eigenvalue weighted by Crippen LogP contribution is 2.20. The van der Waals surface area contributed by atoms with Crippen LogP contribution in [0.25, 0.3) is 10.9 Å². The molecule has 0 saturated heterocycles. The number of benzene rings is 2. The molecular formula is C18H13BrFN3O2.